The number of piperazine rings is 1. The molecule has 28 heavy (non-hydrogen) atoms. The summed E-state index contributed by atoms with van der Waals surface area (Å²) in [7, 11) is -3.52. The zero-order valence-electron chi connectivity index (χ0n) is 15.4. The predicted octanol–water partition coefficient (Wildman–Crippen LogP) is 3.70. The molecule has 1 saturated heterocycles. The molecule has 0 N–H and O–H groups in total. The van der Waals surface area contributed by atoms with Crippen molar-refractivity contribution in [3.8, 4) is 10.6 Å². The molecule has 3 aromatic rings. The molecule has 0 spiro atoms. The van der Waals surface area contributed by atoms with Crippen molar-refractivity contribution >= 4 is 49.9 Å². The van der Waals surface area contributed by atoms with Crippen LogP contribution in [0.15, 0.2) is 33.2 Å². The summed E-state index contributed by atoms with van der Waals surface area (Å²) < 4.78 is 27.3. The lowest BCUT2D eigenvalue weighted by molar-refractivity contribution is 0.0693. The highest BCUT2D eigenvalue weighted by atomic mass is 32.2. The highest BCUT2D eigenvalue weighted by Gasteiger charge is 2.32. The molecule has 10 heteroatoms. The van der Waals surface area contributed by atoms with E-state index in [9.17, 15) is 13.2 Å². The van der Waals surface area contributed by atoms with Gasteiger partial charge < -0.3 is 4.90 Å². The van der Waals surface area contributed by atoms with Crippen LogP contribution in [0.4, 0.5) is 0 Å². The van der Waals surface area contributed by atoms with Gasteiger partial charge in [0, 0.05) is 52.3 Å². The van der Waals surface area contributed by atoms with Crippen molar-refractivity contribution in [1.29, 1.82) is 0 Å². The van der Waals surface area contributed by atoms with Gasteiger partial charge >= 0.3 is 0 Å². The molecule has 4 rings (SSSR count). The molecule has 0 unspecified atom stereocenters. The van der Waals surface area contributed by atoms with E-state index in [1.54, 1.807) is 27.7 Å². The van der Waals surface area contributed by atoms with Crippen LogP contribution >= 0.6 is 34.0 Å². The minimum Gasteiger partial charge on any atom is -0.335 e. The van der Waals surface area contributed by atoms with Crippen molar-refractivity contribution in [3.63, 3.8) is 0 Å². The van der Waals surface area contributed by atoms with Gasteiger partial charge in [0.05, 0.1) is 4.90 Å². The van der Waals surface area contributed by atoms with Crippen molar-refractivity contribution in [2.75, 3.05) is 26.2 Å². The van der Waals surface area contributed by atoms with Crippen molar-refractivity contribution in [2.45, 2.75) is 18.7 Å². The van der Waals surface area contributed by atoms with Crippen LogP contribution in [0.1, 0.15) is 20.2 Å². The molecule has 148 valence electrons. The van der Waals surface area contributed by atoms with Gasteiger partial charge in [0.2, 0.25) is 10.0 Å². The largest absolute Gasteiger partial charge is 0.335 e. The van der Waals surface area contributed by atoms with E-state index in [0.29, 0.717) is 36.8 Å². The maximum Gasteiger partial charge on any atom is 0.273 e. The SMILES string of the molecule is Cc1cc(S(=O)(=O)N2CCN(C(=O)c3csc(-c4ccsc4)n3)CC2)c(C)s1. The van der Waals surface area contributed by atoms with Crippen LogP contribution in [-0.4, -0.2) is 54.7 Å². The molecule has 3 aromatic heterocycles. The minimum atomic E-state index is -3.52. The molecular formula is C18H19N3O3S4. The average Bonchev–Trinajstić information content (AvgIpc) is 3.41. The summed E-state index contributed by atoms with van der Waals surface area (Å²) in [5.41, 5.74) is 1.44. The van der Waals surface area contributed by atoms with Gasteiger partial charge in [-0.1, -0.05) is 0 Å². The molecule has 0 bridgehead atoms. The number of amides is 1. The third-order valence-electron chi connectivity index (χ3n) is 4.63. The monoisotopic (exact) mass is 453 g/mol. The Hall–Kier alpha value is -1.59. The van der Waals surface area contributed by atoms with Crippen LogP contribution in [-0.2, 0) is 10.0 Å². The Labute approximate surface area is 176 Å². The molecule has 6 nitrogen and oxygen atoms in total. The van der Waals surface area contributed by atoms with E-state index in [-0.39, 0.29) is 5.91 Å². The van der Waals surface area contributed by atoms with Gasteiger partial charge in [-0.05, 0) is 31.4 Å². The third kappa shape index (κ3) is 3.67. The number of aromatic nitrogens is 1. The van der Waals surface area contributed by atoms with Gasteiger partial charge in [-0.15, -0.1) is 22.7 Å². The maximum atomic E-state index is 12.9. The predicted molar refractivity (Wildman–Crippen MR) is 114 cm³/mol. The van der Waals surface area contributed by atoms with Crippen molar-refractivity contribution in [1.82, 2.24) is 14.2 Å². The number of carbonyl (C=O) groups is 1. The molecule has 1 fully saturated rings. The van der Waals surface area contributed by atoms with Gasteiger partial charge in [0.15, 0.2) is 0 Å². The Kier molecular flexibility index (Phi) is 5.41. The fourth-order valence-electron chi connectivity index (χ4n) is 3.19. The molecule has 0 aliphatic carbocycles. The number of carbonyl (C=O) groups excluding carboxylic acids is 1. The molecular weight excluding hydrogens is 434 g/mol. The van der Waals surface area contributed by atoms with E-state index in [1.807, 2.05) is 30.7 Å². The first kappa shape index (κ1) is 19.7. The number of hydrogen-bond donors (Lipinski definition) is 0. The number of nitrogens with zero attached hydrogens (tertiary/aromatic N) is 3. The Balaban J connectivity index is 1.44. The van der Waals surface area contributed by atoms with E-state index in [1.165, 1.54) is 27.0 Å². The second-order valence-electron chi connectivity index (χ2n) is 6.52. The van der Waals surface area contributed by atoms with Gasteiger partial charge in [-0.25, -0.2) is 13.4 Å². The molecule has 0 radical (unpaired) electrons. The van der Waals surface area contributed by atoms with Crippen LogP contribution in [0.2, 0.25) is 0 Å². The highest BCUT2D eigenvalue weighted by Crippen LogP contribution is 2.29. The number of hydrogen-bond acceptors (Lipinski definition) is 7. The van der Waals surface area contributed by atoms with E-state index in [4.69, 9.17) is 0 Å². The van der Waals surface area contributed by atoms with Crippen LogP contribution in [0.3, 0.4) is 0 Å². The summed E-state index contributed by atoms with van der Waals surface area (Å²) in [4.78, 5) is 21.1. The zero-order valence-corrected chi connectivity index (χ0v) is 18.7. The Morgan fingerprint density at radius 3 is 2.50 bits per heavy atom. The first-order chi connectivity index (χ1) is 13.4. The van der Waals surface area contributed by atoms with Gasteiger partial charge in [-0.3, -0.25) is 4.79 Å². The van der Waals surface area contributed by atoms with Crippen LogP contribution in [0.25, 0.3) is 10.6 Å². The zero-order chi connectivity index (χ0) is 19.9. The summed E-state index contributed by atoms with van der Waals surface area (Å²) >= 11 is 4.53. The fourth-order valence-corrected chi connectivity index (χ4v) is 7.64. The van der Waals surface area contributed by atoms with Crippen molar-refractivity contribution < 1.29 is 13.2 Å². The normalized spacial score (nSPS) is 15.9. The second-order valence-corrected chi connectivity index (χ2v) is 11.5. The number of aryl methyl sites for hydroxylation is 2. The molecule has 0 saturated carbocycles. The third-order valence-corrected chi connectivity index (χ3v) is 9.33. The number of thiophene rings is 2. The molecule has 1 amide bonds. The summed E-state index contributed by atoms with van der Waals surface area (Å²) in [6.45, 7) is 5.06. The second kappa shape index (κ2) is 7.68. The Morgan fingerprint density at radius 1 is 1.14 bits per heavy atom. The molecule has 0 aromatic carbocycles. The number of rotatable bonds is 4. The van der Waals surface area contributed by atoms with Crippen LogP contribution < -0.4 is 0 Å². The Morgan fingerprint density at radius 2 is 1.89 bits per heavy atom. The van der Waals surface area contributed by atoms with Crippen molar-refractivity contribution in [3.05, 3.63) is 43.7 Å². The standard InChI is InChI=1S/C18H19N3O3S4/c1-12-9-16(13(2)27-12)28(23,24)21-6-4-20(5-7-21)18(22)15-11-26-17(19-15)14-3-8-25-10-14/h3,8-11H,4-7H2,1-2H3. The van der Waals surface area contributed by atoms with E-state index < -0.39 is 10.0 Å². The quantitative estimate of drug-likeness (QED) is 0.604. The molecule has 4 heterocycles. The smallest absolute Gasteiger partial charge is 0.273 e. The van der Waals surface area contributed by atoms with Crippen LogP contribution in [0.5, 0.6) is 0 Å². The maximum absolute atomic E-state index is 12.9. The Bertz CT molecular complexity index is 1090. The fraction of sp³-hybridized carbons (Fsp3) is 0.333. The van der Waals surface area contributed by atoms with E-state index in [0.717, 1.165) is 20.3 Å². The van der Waals surface area contributed by atoms with Crippen molar-refractivity contribution in [2.24, 2.45) is 0 Å². The summed E-state index contributed by atoms with van der Waals surface area (Å²) in [6.07, 6.45) is 0. The summed E-state index contributed by atoms with van der Waals surface area (Å²) in [6, 6.07) is 3.71. The number of thiazole rings is 1. The summed E-state index contributed by atoms with van der Waals surface area (Å²) in [5.74, 6) is -0.141. The van der Waals surface area contributed by atoms with Gasteiger partial charge in [-0.2, -0.15) is 15.6 Å². The summed E-state index contributed by atoms with van der Waals surface area (Å²) in [5, 5.41) is 6.59. The van der Waals surface area contributed by atoms with Crippen LogP contribution in [0, 0.1) is 13.8 Å². The van der Waals surface area contributed by atoms with E-state index in [2.05, 4.69) is 4.98 Å². The average molecular weight is 454 g/mol. The lowest BCUT2D eigenvalue weighted by Crippen LogP contribution is -2.50. The highest BCUT2D eigenvalue weighted by molar-refractivity contribution is 7.89. The lowest BCUT2D eigenvalue weighted by Gasteiger charge is -2.33. The van der Waals surface area contributed by atoms with Gasteiger partial charge in [0.1, 0.15) is 10.7 Å². The first-order valence-electron chi connectivity index (χ1n) is 8.71. The van der Waals surface area contributed by atoms with Gasteiger partial charge in [0.25, 0.3) is 5.91 Å². The molecule has 1 aliphatic heterocycles. The first-order valence-corrected chi connectivity index (χ1v) is 12.8. The number of sulfonamides is 1. The van der Waals surface area contributed by atoms with E-state index >= 15 is 0 Å². The molecule has 1 aliphatic rings. The molecule has 0 atom stereocenters. The topological polar surface area (TPSA) is 70.6 Å². The lowest BCUT2D eigenvalue weighted by atomic mass is 10.3. The minimum absolute atomic E-state index is 0.141.